The standard InChI is InChI=1S/C22H31N5O4/c28-16(15-31-17-8-4-3-5-9-17)12-13-18-19(21(29)14-20(18)25-30)10-6-1-2-7-11-22-23-26-27-24-22/h1,3-6,8-9,12-13,16,18-21,25,28-30H,2,7,10-11,14-15H2,(H,23,24,26,27)/b6-1-,13-12+/t16?,18-,19-,20?,21+/m1/s1. The number of aromatic nitrogens is 4. The lowest BCUT2D eigenvalue weighted by molar-refractivity contribution is 0.107. The van der Waals surface area contributed by atoms with E-state index in [2.05, 4.69) is 38.3 Å². The highest BCUT2D eigenvalue weighted by molar-refractivity contribution is 5.21. The summed E-state index contributed by atoms with van der Waals surface area (Å²) in [6.07, 6.45) is 10.1. The molecule has 0 radical (unpaired) electrons. The Kier molecular flexibility index (Phi) is 9.16. The third-order valence-electron chi connectivity index (χ3n) is 5.57. The SMILES string of the molecule is ONC1C[C@H](O)[C@H](C/C=C\CCCc2nn[nH]n2)[C@H]1/C=C/C(O)COc1ccccc1. The number of H-pyrrole nitrogens is 1. The third-order valence-corrected chi connectivity index (χ3v) is 5.57. The van der Waals surface area contributed by atoms with E-state index >= 15 is 0 Å². The fraction of sp³-hybridized carbons (Fsp3) is 0.500. The van der Waals surface area contributed by atoms with E-state index in [1.807, 2.05) is 36.4 Å². The molecule has 31 heavy (non-hydrogen) atoms. The van der Waals surface area contributed by atoms with Crippen molar-refractivity contribution >= 4 is 0 Å². The molecule has 168 valence electrons. The van der Waals surface area contributed by atoms with Gasteiger partial charge in [0.05, 0.1) is 6.10 Å². The van der Waals surface area contributed by atoms with Crippen molar-refractivity contribution in [2.24, 2.45) is 11.8 Å². The van der Waals surface area contributed by atoms with E-state index in [0.29, 0.717) is 24.4 Å². The normalized spacial score (nSPS) is 24.9. The number of hydrogen-bond acceptors (Lipinski definition) is 8. The summed E-state index contributed by atoms with van der Waals surface area (Å²) in [4.78, 5) is 0. The van der Waals surface area contributed by atoms with E-state index in [1.165, 1.54) is 0 Å². The van der Waals surface area contributed by atoms with Crippen LogP contribution < -0.4 is 10.2 Å². The quantitative estimate of drug-likeness (QED) is 0.196. The number of rotatable bonds is 12. The first-order chi connectivity index (χ1) is 15.2. The van der Waals surface area contributed by atoms with Crippen LogP contribution >= 0.6 is 0 Å². The molecule has 0 spiro atoms. The largest absolute Gasteiger partial charge is 0.491 e. The zero-order valence-corrected chi connectivity index (χ0v) is 17.4. The number of aliphatic hydroxyl groups excluding tert-OH is 2. The minimum Gasteiger partial charge on any atom is -0.491 e. The Hall–Kier alpha value is -2.59. The van der Waals surface area contributed by atoms with Crippen LogP contribution in [-0.4, -0.2) is 60.9 Å². The molecule has 1 aliphatic carbocycles. The average Bonchev–Trinajstić information content (AvgIpc) is 3.41. The molecule has 1 saturated carbocycles. The highest BCUT2D eigenvalue weighted by atomic mass is 16.5. The van der Waals surface area contributed by atoms with Crippen LogP contribution in [0, 0.1) is 11.8 Å². The van der Waals surface area contributed by atoms with Crippen LogP contribution in [0.15, 0.2) is 54.6 Å². The molecule has 1 aliphatic rings. The zero-order chi connectivity index (χ0) is 21.9. The molecule has 1 aromatic heterocycles. The summed E-state index contributed by atoms with van der Waals surface area (Å²) >= 11 is 0. The lowest BCUT2D eigenvalue weighted by Gasteiger charge is -2.21. The Labute approximate surface area is 181 Å². The van der Waals surface area contributed by atoms with Crippen LogP contribution in [-0.2, 0) is 6.42 Å². The molecule has 0 aliphatic heterocycles. The molecule has 2 unspecified atom stereocenters. The fourth-order valence-corrected chi connectivity index (χ4v) is 3.92. The van der Waals surface area contributed by atoms with Crippen molar-refractivity contribution in [2.45, 2.75) is 50.4 Å². The number of unbranched alkanes of at least 4 members (excludes halogenated alkanes) is 1. The van der Waals surface area contributed by atoms with Gasteiger partial charge in [-0.1, -0.05) is 47.7 Å². The summed E-state index contributed by atoms with van der Waals surface area (Å²) in [5.74, 6) is 1.26. The van der Waals surface area contributed by atoms with E-state index in [4.69, 9.17) is 4.74 Å². The van der Waals surface area contributed by atoms with Crippen molar-refractivity contribution in [1.82, 2.24) is 26.1 Å². The van der Waals surface area contributed by atoms with Gasteiger partial charge in [0.2, 0.25) is 0 Å². The second-order valence-corrected chi connectivity index (χ2v) is 7.78. The Bertz CT molecular complexity index is 799. The Balaban J connectivity index is 1.47. The predicted molar refractivity (Wildman–Crippen MR) is 114 cm³/mol. The fourth-order valence-electron chi connectivity index (χ4n) is 3.92. The maximum Gasteiger partial charge on any atom is 0.174 e. The summed E-state index contributed by atoms with van der Waals surface area (Å²) < 4.78 is 5.57. The summed E-state index contributed by atoms with van der Waals surface area (Å²) in [6, 6.07) is 9.06. The maximum absolute atomic E-state index is 10.5. The van der Waals surface area contributed by atoms with E-state index < -0.39 is 12.2 Å². The number of nitrogens with zero attached hydrogens (tertiary/aromatic N) is 3. The molecule has 0 amide bonds. The number of tetrazole rings is 1. The molecule has 5 N–H and O–H groups in total. The highest BCUT2D eigenvalue weighted by Crippen LogP contribution is 2.36. The number of hydrogen-bond donors (Lipinski definition) is 5. The lowest BCUT2D eigenvalue weighted by Crippen LogP contribution is -2.31. The summed E-state index contributed by atoms with van der Waals surface area (Å²) in [7, 11) is 0. The van der Waals surface area contributed by atoms with Gasteiger partial charge >= 0.3 is 0 Å². The van der Waals surface area contributed by atoms with Gasteiger partial charge in [-0.15, -0.1) is 10.2 Å². The predicted octanol–water partition coefficient (Wildman–Crippen LogP) is 1.81. The number of aliphatic hydroxyl groups is 2. The third kappa shape index (κ3) is 7.25. The van der Waals surface area contributed by atoms with Crippen LogP contribution in [0.4, 0.5) is 0 Å². The number of benzene rings is 1. The van der Waals surface area contributed by atoms with Crippen LogP contribution in [0.3, 0.4) is 0 Å². The minimum absolute atomic E-state index is 0.0448. The second kappa shape index (κ2) is 12.3. The first kappa shape index (κ1) is 23.1. The number of nitrogens with one attached hydrogen (secondary N) is 2. The van der Waals surface area contributed by atoms with Gasteiger partial charge < -0.3 is 20.2 Å². The first-order valence-corrected chi connectivity index (χ1v) is 10.7. The second-order valence-electron chi connectivity index (χ2n) is 7.78. The molecule has 5 atom stereocenters. The molecule has 9 heteroatoms. The topological polar surface area (TPSA) is 136 Å². The highest BCUT2D eigenvalue weighted by Gasteiger charge is 2.40. The number of aryl methyl sites for hydroxylation is 1. The van der Waals surface area contributed by atoms with Crippen molar-refractivity contribution in [3.05, 3.63) is 60.5 Å². The van der Waals surface area contributed by atoms with Crippen LogP contribution in [0.1, 0.15) is 31.5 Å². The first-order valence-electron chi connectivity index (χ1n) is 10.7. The van der Waals surface area contributed by atoms with Crippen molar-refractivity contribution in [3.63, 3.8) is 0 Å². The molecule has 1 fully saturated rings. The van der Waals surface area contributed by atoms with Gasteiger partial charge in [0.1, 0.15) is 18.5 Å². The van der Waals surface area contributed by atoms with E-state index in [1.54, 1.807) is 6.08 Å². The molecule has 0 bridgehead atoms. The van der Waals surface area contributed by atoms with Crippen molar-refractivity contribution in [2.75, 3.05) is 6.61 Å². The number of aromatic amines is 1. The summed E-state index contributed by atoms with van der Waals surface area (Å²) in [6.45, 7) is 0.137. The van der Waals surface area contributed by atoms with E-state index in [9.17, 15) is 15.4 Å². The minimum atomic E-state index is -0.779. The van der Waals surface area contributed by atoms with Crippen molar-refractivity contribution < 1.29 is 20.2 Å². The Morgan fingerprint density at radius 2 is 2.10 bits per heavy atom. The van der Waals surface area contributed by atoms with E-state index in [-0.39, 0.29) is 24.5 Å². The summed E-state index contributed by atoms with van der Waals surface area (Å²) in [5.41, 5.74) is 2.31. The monoisotopic (exact) mass is 429 g/mol. The van der Waals surface area contributed by atoms with Gasteiger partial charge in [0.25, 0.3) is 0 Å². The zero-order valence-electron chi connectivity index (χ0n) is 17.4. The molecule has 0 saturated heterocycles. The summed E-state index contributed by atoms with van der Waals surface area (Å²) in [5, 5.41) is 44.1. The lowest BCUT2D eigenvalue weighted by atomic mass is 9.89. The molecular weight excluding hydrogens is 398 g/mol. The van der Waals surface area contributed by atoms with Crippen LogP contribution in [0.2, 0.25) is 0 Å². The number of allylic oxidation sites excluding steroid dienone is 2. The van der Waals surface area contributed by atoms with Crippen LogP contribution in [0.5, 0.6) is 5.75 Å². The molecular formula is C22H31N5O4. The molecule has 1 aromatic carbocycles. The number of hydroxylamine groups is 1. The average molecular weight is 430 g/mol. The molecule has 2 aromatic rings. The molecule has 1 heterocycles. The van der Waals surface area contributed by atoms with Gasteiger partial charge in [-0.25, -0.2) is 5.48 Å². The Morgan fingerprint density at radius 3 is 2.84 bits per heavy atom. The molecule has 3 rings (SSSR count). The van der Waals surface area contributed by atoms with Crippen molar-refractivity contribution in [1.29, 1.82) is 0 Å². The van der Waals surface area contributed by atoms with Gasteiger partial charge in [-0.3, -0.25) is 0 Å². The van der Waals surface area contributed by atoms with Crippen LogP contribution in [0.25, 0.3) is 0 Å². The van der Waals surface area contributed by atoms with Gasteiger partial charge in [0, 0.05) is 18.4 Å². The number of para-hydroxylation sites is 1. The number of ether oxygens (including phenoxy) is 1. The smallest absolute Gasteiger partial charge is 0.174 e. The van der Waals surface area contributed by atoms with Crippen molar-refractivity contribution in [3.8, 4) is 5.75 Å². The molecule has 9 nitrogen and oxygen atoms in total. The van der Waals surface area contributed by atoms with Gasteiger partial charge in [-0.2, -0.15) is 5.21 Å². The Morgan fingerprint density at radius 1 is 1.26 bits per heavy atom. The maximum atomic E-state index is 10.5. The van der Waals surface area contributed by atoms with Gasteiger partial charge in [-0.05, 0) is 43.7 Å². The van der Waals surface area contributed by atoms with Gasteiger partial charge in [0.15, 0.2) is 5.82 Å². The van der Waals surface area contributed by atoms with E-state index in [0.717, 1.165) is 19.3 Å².